The van der Waals surface area contributed by atoms with Crippen LogP contribution >= 0.6 is 0 Å². The van der Waals surface area contributed by atoms with Gasteiger partial charge in [0.25, 0.3) is 0 Å². The minimum atomic E-state index is -3.76. The number of benzene rings is 1. The van der Waals surface area contributed by atoms with Crippen molar-refractivity contribution in [3.63, 3.8) is 0 Å². The summed E-state index contributed by atoms with van der Waals surface area (Å²) in [7, 11) is -3.76. The van der Waals surface area contributed by atoms with Gasteiger partial charge in [0.1, 0.15) is 11.6 Å². The first kappa shape index (κ1) is 20.5. The van der Waals surface area contributed by atoms with Gasteiger partial charge in [0.15, 0.2) is 0 Å². The number of nitrogens with zero attached hydrogens (tertiary/aromatic N) is 3. The number of hydrogen-bond acceptors (Lipinski definition) is 4. The number of rotatable bonds is 6. The normalized spacial score (nSPS) is 18.4. The van der Waals surface area contributed by atoms with Gasteiger partial charge in [-0.25, -0.2) is 17.5 Å². The molecule has 1 aromatic carbocycles. The number of carbonyl (C=O) groups excluding carboxylic acids is 1. The van der Waals surface area contributed by atoms with E-state index >= 15 is 0 Å². The van der Waals surface area contributed by atoms with Gasteiger partial charge >= 0.3 is 0 Å². The van der Waals surface area contributed by atoms with Gasteiger partial charge in [-0.05, 0) is 43.0 Å². The van der Waals surface area contributed by atoms with E-state index in [2.05, 4.69) is 24.3 Å². The lowest BCUT2D eigenvalue weighted by Gasteiger charge is -2.31. The molecule has 1 aromatic heterocycles. The Bertz CT molecular complexity index is 925. The molecule has 2 aromatic rings. The molecule has 3 rings (SSSR count). The largest absolute Gasteiger partial charge is 0.311 e. The second kappa shape index (κ2) is 8.40. The number of aromatic nitrogens is 2. The van der Waals surface area contributed by atoms with Crippen molar-refractivity contribution in [2.75, 3.05) is 18.4 Å². The van der Waals surface area contributed by atoms with Crippen molar-refractivity contribution in [3.8, 4) is 0 Å². The first-order valence-electron chi connectivity index (χ1n) is 9.36. The second-order valence-corrected chi connectivity index (χ2v) is 9.38. The Balaban J connectivity index is 1.70. The highest BCUT2D eigenvalue weighted by molar-refractivity contribution is 7.89. The molecule has 7 nitrogen and oxygen atoms in total. The van der Waals surface area contributed by atoms with Gasteiger partial charge in [-0.15, -0.1) is 0 Å². The molecule has 0 radical (unpaired) electrons. The van der Waals surface area contributed by atoms with Crippen molar-refractivity contribution >= 4 is 21.7 Å². The van der Waals surface area contributed by atoms with E-state index in [4.69, 9.17) is 0 Å². The zero-order chi connectivity index (χ0) is 20.3. The minimum Gasteiger partial charge on any atom is -0.311 e. The molecular formula is C19H25FN4O3S. The first-order chi connectivity index (χ1) is 13.3. The van der Waals surface area contributed by atoms with Crippen molar-refractivity contribution in [1.29, 1.82) is 0 Å². The monoisotopic (exact) mass is 408 g/mol. The van der Waals surface area contributed by atoms with E-state index in [9.17, 15) is 17.6 Å². The number of sulfonamides is 1. The zero-order valence-electron chi connectivity index (χ0n) is 16.0. The van der Waals surface area contributed by atoms with Crippen LogP contribution in [-0.4, -0.2) is 41.5 Å². The summed E-state index contributed by atoms with van der Waals surface area (Å²) < 4.78 is 41.8. The lowest BCUT2D eigenvalue weighted by atomic mass is 9.99. The van der Waals surface area contributed by atoms with E-state index in [0.717, 1.165) is 12.1 Å². The molecule has 1 N–H and O–H groups in total. The van der Waals surface area contributed by atoms with Crippen molar-refractivity contribution in [2.24, 2.45) is 11.8 Å². The van der Waals surface area contributed by atoms with Crippen LogP contribution in [0.15, 0.2) is 41.4 Å². The van der Waals surface area contributed by atoms with Crippen molar-refractivity contribution in [2.45, 2.75) is 38.1 Å². The second-order valence-electron chi connectivity index (χ2n) is 7.44. The Kier molecular flexibility index (Phi) is 6.14. The fraction of sp³-hybridized carbons (Fsp3) is 0.474. The van der Waals surface area contributed by atoms with E-state index in [-0.39, 0.29) is 17.3 Å². The van der Waals surface area contributed by atoms with E-state index in [0.29, 0.717) is 37.7 Å². The highest BCUT2D eigenvalue weighted by atomic mass is 32.2. The Morgan fingerprint density at radius 3 is 2.68 bits per heavy atom. The summed E-state index contributed by atoms with van der Waals surface area (Å²) >= 11 is 0. The molecule has 2 heterocycles. The Hall–Kier alpha value is -2.26. The molecule has 1 aliphatic rings. The minimum absolute atomic E-state index is 0.0324. The van der Waals surface area contributed by atoms with Crippen LogP contribution in [0, 0.1) is 17.7 Å². The maximum absolute atomic E-state index is 13.1. The predicted molar refractivity (Wildman–Crippen MR) is 104 cm³/mol. The van der Waals surface area contributed by atoms with Crippen LogP contribution in [0.4, 0.5) is 10.2 Å². The molecule has 9 heteroatoms. The third-order valence-corrected chi connectivity index (χ3v) is 6.59. The van der Waals surface area contributed by atoms with Gasteiger partial charge in [-0.3, -0.25) is 4.79 Å². The quantitative estimate of drug-likeness (QED) is 0.797. The van der Waals surface area contributed by atoms with Crippen LogP contribution in [0.1, 0.15) is 26.7 Å². The maximum Gasteiger partial charge on any atom is 0.243 e. The standard InChI is InChI=1S/C19H25FN4O3S/c1-14(2)12-24-18(9-10-21-24)22-19(25)15-4-3-11-23(13-15)28(26,27)17-7-5-16(20)6-8-17/h5-10,14-15H,3-4,11-13H2,1-2H3,(H,22,25). The molecule has 1 aliphatic heterocycles. The zero-order valence-corrected chi connectivity index (χ0v) is 16.8. The molecule has 28 heavy (non-hydrogen) atoms. The van der Waals surface area contributed by atoms with Crippen LogP contribution in [-0.2, 0) is 21.4 Å². The fourth-order valence-electron chi connectivity index (χ4n) is 3.29. The average Bonchev–Trinajstić information content (AvgIpc) is 3.08. The first-order valence-corrected chi connectivity index (χ1v) is 10.8. The summed E-state index contributed by atoms with van der Waals surface area (Å²) in [4.78, 5) is 12.8. The summed E-state index contributed by atoms with van der Waals surface area (Å²) in [6, 6.07) is 6.47. The third kappa shape index (κ3) is 4.59. The van der Waals surface area contributed by atoms with E-state index in [1.165, 1.54) is 16.4 Å². The number of nitrogens with one attached hydrogen (secondary N) is 1. The average molecular weight is 408 g/mol. The molecule has 1 saturated heterocycles. The van der Waals surface area contributed by atoms with E-state index < -0.39 is 21.8 Å². The predicted octanol–water partition coefficient (Wildman–Crippen LogP) is 2.72. The molecule has 0 spiro atoms. The van der Waals surface area contributed by atoms with Gasteiger partial charge in [0.05, 0.1) is 17.0 Å². The van der Waals surface area contributed by atoms with Gasteiger partial charge in [-0.1, -0.05) is 13.8 Å². The molecule has 0 saturated carbocycles. The smallest absolute Gasteiger partial charge is 0.243 e. The van der Waals surface area contributed by atoms with Crippen molar-refractivity contribution in [3.05, 3.63) is 42.3 Å². The maximum atomic E-state index is 13.1. The van der Waals surface area contributed by atoms with Crippen LogP contribution in [0.5, 0.6) is 0 Å². The number of halogens is 1. The number of carbonyl (C=O) groups is 1. The Morgan fingerprint density at radius 2 is 2.00 bits per heavy atom. The molecule has 1 unspecified atom stereocenters. The Labute approximate surface area is 164 Å². The lowest BCUT2D eigenvalue weighted by molar-refractivity contribution is -0.120. The molecule has 1 fully saturated rings. The molecule has 0 aliphatic carbocycles. The highest BCUT2D eigenvalue weighted by Gasteiger charge is 2.33. The van der Waals surface area contributed by atoms with Crippen LogP contribution in [0.2, 0.25) is 0 Å². The van der Waals surface area contributed by atoms with Crippen LogP contribution in [0.3, 0.4) is 0 Å². The lowest BCUT2D eigenvalue weighted by Crippen LogP contribution is -2.43. The van der Waals surface area contributed by atoms with Gasteiger partial charge in [-0.2, -0.15) is 9.40 Å². The van der Waals surface area contributed by atoms with Crippen molar-refractivity contribution in [1.82, 2.24) is 14.1 Å². The summed E-state index contributed by atoms with van der Waals surface area (Å²) in [5.74, 6) is -0.178. The molecule has 152 valence electrons. The summed E-state index contributed by atoms with van der Waals surface area (Å²) in [6.07, 6.45) is 2.83. The topological polar surface area (TPSA) is 84.3 Å². The van der Waals surface area contributed by atoms with Gasteiger partial charge in [0.2, 0.25) is 15.9 Å². The van der Waals surface area contributed by atoms with Crippen molar-refractivity contribution < 1.29 is 17.6 Å². The third-order valence-electron chi connectivity index (χ3n) is 4.71. The summed E-state index contributed by atoms with van der Waals surface area (Å²) in [5, 5.41) is 7.10. The molecule has 1 atom stereocenters. The van der Waals surface area contributed by atoms with E-state index in [1.54, 1.807) is 16.9 Å². The van der Waals surface area contributed by atoms with E-state index in [1.807, 2.05) is 0 Å². The van der Waals surface area contributed by atoms with Crippen LogP contribution in [0.25, 0.3) is 0 Å². The van der Waals surface area contributed by atoms with Crippen LogP contribution < -0.4 is 5.32 Å². The SMILES string of the molecule is CC(C)Cn1nccc1NC(=O)C1CCCN(S(=O)(=O)c2ccc(F)cc2)C1. The van der Waals surface area contributed by atoms with Gasteiger partial charge < -0.3 is 5.32 Å². The molecule has 0 bridgehead atoms. The number of piperidine rings is 1. The Morgan fingerprint density at radius 1 is 1.29 bits per heavy atom. The number of hydrogen-bond donors (Lipinski definition) is 1. The summed E-state index contributed by atoms with van der Waals surface area (Å²) in [6.45, 7) is 5.25. The fourth-order valence-corrected chi connectivity index (χ4v) is 4.81. The number of anilines is 1. The number of amides is 1. The van der Waals surface area contributed by atoms with Gasteiger partial charge in [0, 0.05) is 25.7 Å². The molecule has 1 amide bonds. The summed E-state index contributed by atoms with van der Waals surface area (Å²) in [5.41, 5.74) is 0. The highest BCUT2D eigenvalue weighted by Crippen LogP contribution is 2.25. The molecular weight excluding hydrogens is 383 g/mol.